The molecule has 0 aliphatic carbocycles. The summed E-state index contributed by atoms with van der Waals surface area (Å²) in [6.45, 7) is 3.65. The van der Waals surface area contributed by atoms with Crippen molar-refractivity contribution in [3.8, 4) is 0 Å². The van der Waals surface area contributed by atoms with Gasteiger partial charge < -0.3 is 0 Å². The monoisotopic (exact) mass is 119 g/mol. The lowest BCUT2D eigenvalue weighted by molar-refractivity contribution is 0.0590. The molecule has 0 aromatic rings. The molecule has 0 spiro atoms. The predicted molar refractivity (Wildman–Crippen MR) is 30.1 cm³/mol. The van der Waals surface area contributed by atoms with Gasteiger partial charge in [0.05, 0.1) is 6.61 Å². The van der Waals surface area contributed by atoms with E-state index in [2.05, 4.69) is 16.9 Å². The highest BCUT2D eigenvalue weighted by molar-refractivity contribution is 4.62. The predicted octanol–water partition coefficient (Wildman–Crippen LogP) is 0.663. The van der Waals surface area contributed by atoms with E-state index < -0.39 is 6.67 Å². The minimum atomic E-state index is -0.406. The Kier molecular flexibility index (Phi) is 6.25. The second-order valence-corrected chi connectivity index (χ2v) is 1.18. The van der Waals surface area contributed by atoms with Crippen LogP contribution in [0.25, 0.3) is 0 Å². The Balaban J connectivity index is 2.62. The Bertz CT molecular complexity index is 58.4. The molecule has 0 unspecified atom stereocenters. The zero-order valence-corrected chi connectivity index (χ0v) is 4.69. The van der Waals surface area contributed by atoms with Crippen LogP contribution in [0.2, 0.25) is 0 Å². The van der Waals surface area contributed by atoms with Crippen molar-refractivity contribution in [1.29, 1.82) is 0 Å². The maximum atomic E-state index is 11.3. The van der Waals surface area contributed by atoms with E-state index >= 15 is 0 Å². The smallest absolute Gasteiger partial charge is 0.104 e. The quantitative estimate of drug-likeness (QED) is 0.326. The van der Waals surface area contributed by atoms with Crippen LogP contribution in [0.15, 0.2) is 12.7 Å². The summed E-state index contributed by atoms with van der Waals surface area (Å²) < 4.78 is 11.3. The molecule has 0 heterocycles. The summed E-state index contributed by atoms with van der Waals surface area (Å²) in [5.41, 5.74) is 2.39. The molecule has 0 aromatic heterocycles. The van der Waals surface area contributed by atoms with Crippen LogP contribution in [0.5, 0.6) is 0 Å². The van der Waals surface area contributed by atoms with E-state index in [1.165, 1.54) is 0 Å². The third-order valence-electron chi connectivity index (χ3n) is 0.500. The average Bonchev–Trinajstić information content (AvgIpc) is 1.81. The van der Waals surface area contributed by atoms with Gasteiger partial charge in [-0.25, -0.2) is 4.39 Å². The minimum Gasteiger partial charge on any atom is -0.298 e. The second-order valence-electron chi connectivity index (χ2n) is 1.18. The van der Waals surface area contributed by atoms with Gasteiger partial charge in [0, 0.05) is 6.54 Å². The molecule has 1 N–H and O–H groups in total. The highest BCUT2D eigenvalue weighted by Crippen LogP contribution is 1.67. The minimum absolute atomic E-state index is 0.244. The maximum Gasteiger partial charge on any atom is 0.104 e. The van der Waals surface area contributed by atoms with E-state index in [0.717, 1.165) is 0 Å². The van der Waals surface area contributed by atoms with Crippen LogP contribution < -0.4 is 5.48 Å². The van der Waals surface area contributed by atoms with Gasteiger partial charge in [-0.2, -0.15) is 5.48 Å². The van der Waals surface area contributed by atoms with Crippen molar-refractivity contribution < 1.29 is 9.23 Å². The fraction of sp³-hybridized carbons (Fsp3) is 0.600. The normalized spacial score (nSPS) is 9.12. The number of alkyl halides is 1. The number of hydrogen-bond donors (Lipinski definition) is 1. The van der Waals surface area contributed by atoms with E-state index in [0.29, 0.717) is 6.61 Å². The highest BCUT2D eigenvalue weighted by atomic mass is 19.1. The van der Waals surface area contributed by atoms with Crippen LogP contribution in [0.3, 0.4) is 0 Å². The molecule has 0 aliphatic heterocycles. The van der Waals surface area contributed by atoms with Crippen LogP contribution in [-0.2, 0) is 4.84 Å². The summed E-state index contributed by atoms with van der Waals surface area (Å²) in [6, 6.07) is 0. The van der Waals surface area contributed by atoms with E-state index in [1.807, 2.05) is 0 Å². The fourth-order valence-electron chi connectivity index (χ4n) is 0.229. The number of rotatable bonds is 5. The molecule has 0 radical (unpaired) electrons. The van der Waals surface area contributed by atoms with Crippen molar-refractivity contribution in [2.75, 3.05) is 19.8 Å². The number of halogens is 1. The van der Waals surface area contributed by atoms with Gasteiger partial charge in [-0.1, -0.05) is 6.08 Å². The third kappa shape index (κ3) is 5.59. The summed E-state index contributed by atoms with van der Waals surface area (Å²) in [4.78, 5) is 4.62. The van der Waals surface area contributed by atoms with E-state index in [9.17, 15) is 4.39 Å². The molecule has 0 saturated heterocycles. The van der Waals surface area contributed by atoms with Crippen molar-refractivity contribution in [1.82, 2.24) is 5.48 Å². The van der Waals surface area contributed by atoms with E-state index in [-0.39, 0.29) is 6.54 Å². The number of hydroxylamine groups is 1. The lowest BCUT2D eigenvalue weighted by Gasteiger charge is -1.97. The molecule has 0 fully saturated rings. The molecule has 0 bridgehead atoms. The van der Waals surface area contributed by atoms with E-state index in [4.69, 9.17) is 0 Å². The number of nitrogens with one attached hydrogen (secondary N) is 1. The molecule has 8 heavy (non-hydrogen) atoms. The van der Waals surface area contributed by atoms with Crippen molar-refractivity contribution in [3.05, 3.63) is 12.7 Å². The lowest BCUT2D eigenvalue weighted by Crippen LogP contribution is -2.16. The van der Waals surface area contributed by atoms with Crippen molar-refractivity contribution >= 4 is 0 Å². The van der Waals surface area contributed by atoms with Gasteiger partial charge in [-0.15, -0.1) is 6.58 Å². The summed E-state index contributed by atoms with van der Waals surface area (Å²) in [7, 11) is 0. The lowest BCUT2D eigenvalue weighted by atomic mass is 10.7. The largest absolute Gasteiger partial charge is 0.298 e. The summed E-state index contributed by atoms with van der Waals surface area (Å²) >= 11 is 0. The zero-order chi connectivity index (χ0) is 6.24. The van der Waals surface area contributed by atoms with Crippen molar-refractivity contribution in [2.24, 2.45) is 0 Å². The molecule has 2 nitrogen and oxygen atoms in total. The Hall–Kier alpha value is -0.410. The molecule has 3 heteroatoms. The first kappa shape index (κ1) is 7.59. The van der Waals surface area contributed by atoms with Crippen LogP contribution in [0.4, 0.5) is 4.39 Å². The highest BCUT2D eigenvalue weighted by Gasteiger charge is 1.79. The number of hydrogen-bond acceptors (Lipinski definition) is 2. The Morgan fingerprint density at radius 3 is 3.00 bits per heavy atom. The first-order valence-corrected chi connectivity index (χ1v) is 2.43. The molecule has 48 valence electrons. The molecular formula is C5H10FNO. The molecule has 0 saturated carbocycles. The van der Waals surface area contributed by atoms with Gasteiger partial charge in [-0.05, 0) is 0 Å². The van der Waals surface area contributed by atoms with Crippen molar-refractivity contribution in [3.63, 3.8) is 0 Å². The van der Waals surface area contributed by atoms with Crippen LogP contribution in [0, 0.1) is 0 Å². The SMILES string of the molecule is C=CCONCCF. The van der Waals surface area contributed by atoms with Gasteiger partial charge in [-0.3, -0.25) is 4.84 Å². The van der Waals surface area contributed by atoms with Crippen molar-refractivity contribution in [2.45, 2.75) is 0 Å². The Morgan fingerprint density at radius 2 is 2.50 bits per heavy atom. The fourth-order valence-corrected chi connectivity index (χ4v) is 0.229. The van der Waals surface area contributed by atoms with Crippen LogP contribution in [0.1, 0.15) is 0 Å². The van der Waals surface area contributed by atoms with Crippen LogP contribution in [-0.4, -0.2) is 19.8 Å². The van der Waals surface area contributed by atoms with Gasteiger partial charge in [0.25, 0.3) is 0 Å². The average molecular weight is 119 g/mol. The van der Waals surface area contributed by atoms with Gasteiger partial charge in [0.2, 0.25) is 0 Å². The standard InChI is InChI=1S/C5H10FNO/c1-2-5-8-7-4-3-6/h2,7H,1,3-5H2. The summed E-state index contributed by atoms with van der Waals surface area (Å²) in [6.07, 6.45) is 1.59. The molecular weight excluding hydrogens is 109 g/mol. The van der Waals surface area contributed by atoms with Gasteiger partial charge >= 0.3 is 0 Å². The topological polar surface area (TPSA) is 21.3 Å². The molecule has 0 atom stereocenters. The summed E-state index contributed by atoms with van der Waals surface area (Å²) in [5, 5.41) is 0. The van der Waals surface area contributed by atoms with Gasteiger partial charge in [0.15, 0.2) is 0 Å². The van der Waals surface area contributed by atoms with Crippen LogP contribution >= 0.6 is 0 Å². The molecule has 0 rings (SSSR count). The maximum absolute atomic E-state index is 11.3. The second kappa shape index (κ2) is 6.59. The zero-order valence-electron chi connectivity index (χ0n) is 4.69. The Labute approximate surface area is 48.3 Å². The first-order valence-electron chi connectivity index (χ1n) is 2.43. The Morgan fingerprint density at radius 1 is 1.75 bits per heavy atom. The third-order valence-corrected chi connectivity index (χ3v) is 0.500. The summed E-state index contributed by atoms with van der Waals surface area (Å²) in [5.74, 6) is 0. The van der Waals surface area contributed by atoms with Gasteiger partial charge in [0.1, 0.15) is 6.67 Å². The first-order chi connectivity index (χ1) is 3.91. The molecule has 0 aromatic carbocycles. The molecule has 0 amide bonds. The van der Waals surface area contributed by atoms with E-state index in [1.54, 1.807) is 6.08 Å². The molecule has 0 aliphatic rings.